The number of nitrogens with zero attached hydrogens (tertiary/aromatic N) is 2. The molecule has 0 aromatic heterocycles. The van der Waals surface area contributed by atoms with Crippen molar-refractivity contribution in [2.75, 3.05) is 31.6 Å². The Balaban J connectivity index is 1.31. The average Bonchev–Trinajstić information content (AvgIpc) is 2.89. The summed E-state index contributed by atoms with van der Waals surface area (Å²) in [5.41, 5.74) is 5.14. The van der Waals surface area contributed by atoms with Crippen LogP contribution in [0.3, 0.4) is 0 Å². The van der Waals surface area contributed by atoms with Crippen LogP contribution in [0.15, 0.2) is 78.9 Å². The van der Waals surface area contributed by atoms with Crippen molar-refractivity contribution in [2.24, 2.45) is 0 Å². The summed E-state index contributed by atoms with van der Waals surface area (Å²) in [5, 5.41) is 13.3. The molecule has 0 unspecified atom stereocenters. The molecule has 2 aliphatic heterocycles. The Labute approximate surface area is 213 Å². The second-order valence-electron chi connectivity index (χ2n) is 9.77. The fraction of sp³-hybridized carbons (Fsp3) is 0.323. The predicted molar refractivity (Wildman–Crippen MR) is 144 cm³/mol. The first-order valence-corrected chi connectivity index (χ1v) is 12.8. The molecule has 5 heteroatoms. The van der Waals surface area contributed by atoms with E-state index in [9.17, 15) is 9.90 Å². The number of benzene rings is 3. The Morgan fingerprint density at radius 3 is 2.28 bits per heavy atom. The molecule has 0 bridgehead atoms. The lowest BCUT2D eigenvalue weighted by Gasteiger charge is -2.57. The molecule has 2 heterocycles. The van der Waals surface area contributed by atoms with Crippen molar-refractivity contribution in [1.82, 2.24) is 9.80 Å². The minimum Gasteiger partial charge on any atom is -0.395 e. The first-order chi connectivity index (χ1) is 17.6. The molecule has 2 fully saturated rings. The van der Waals surface area contributed by atoms with E-state index in [1.54, 1.807) is 0 Å². The molecular formula is C31H33N3O2. The zero-order chi connectivity index (χ0) is 24.9. The molecular weight excluding hydrogens is 446 g/mol. The Morgan fingerprint density at radius 1 is 0.917 bits per heavy atom. The third-order valence-electron chi connectivity index (χ3n) is 7.38. The molecule has 0 aliphatic carbocycles. The van der Waals surface area contributed by atoms with Crippen molar-refractivity contribution >= 4 is 11.7 Å². The number of aryl methyl sites for hydroxylation is 1. The van der Waals surface area contributed by atoms with E-state index in [1.165, 1.54) is 11.1 Å². The Hall–Kier alpha value is -3.59. The van der Waals surface area contributed by atoms with Gasteiger partial charge in [0.15, 0.2) is 0 Å². The van der Waals surface area contributed by atoms with Crippen LogP contribution in [0.5, 0.6) is 0 Å². The second-order valence-corrected chi connectivity index (χ2v) is 9.77. The van der Waals surface area contributed by atoms with Crippen molar-refractivity contribution in [3.63, 3.8) is 0 Å². The quantitative estimate of drug-likeness (QED) is 0.528. The van der Waals surface area contributed by atoms with E-state index in [4.69, 9.17) is 0 Å². The van der Waals surface area contributed by atoms with E-state index in [0.717, 1.165) is 42.7 Å². The summed E-state index contributed by atoms with van der Waals surface area (Å²) in [6, 6.07) is 26.5. The highest BCUT2D eigenvalue weighted by molar-refractivity contribution is 5.89. The number of hydrogen-bond acceptors (Lipinski definition) is 3. The van der Waals surface area contributed by atoms with Crippen LogP contribution in [0.2, 0.25) is 0 Å². The summed E-state index contributed by atoms with van der Waals surface area (Å²) in [5.74, 6) is 6.63. The second kappa shape index (κ2) is 11.0. The van der Waals surface area contributed by atoms with Gasteiger partial charge >= 0.3 is 6.03 Å². The Morgan fingerprint density at radius 2 is 1.58 bits per heavy atom. The lowest BCUT2D eigenvalue weighted by molar-refractivity contribution is -0.0585. The van der Waals surface area contributed by atoms with E-state index in [-0.39, 0.29) is 30.6 Å². The number of rotatable bonds is 3. The molecule has 0 radical (unpaired) electrons. The van der Waals surface area contributed by atoms with Gasteiger partial charge in [0.25, 0.3) is 0 Å². The van der Waals surface area contributed by atoms with Crippen molar-refractivity contribution in [2.45, 2.75) is 37.8 Å². The number of carbonyl (C=O) groups is 1. The molecule has 0 saturated carbocycles. The highest BCUT2D eigenvalue weighted by atomic mass is 16.3. The van der Waals surface area contributed by atoms with E-state index in [1.807, 2.05) is 66.4 Å². The van der Waals surface area contributed by atoms with Gasteiger partial charge in [0.2, 0.25) is 0 Å². The Bertz CT molecular complexity index is 1230. The van der Waals surface area contributed by atoms with Gasteiger partial charge in [-0.25, -0.2) is 4.79 Å². The summed E-state index contributed by atoms with van der Waals surface area (Å²) in [4.78, 5) is 17.5. The maximum atomic E-state index is 13.2. The average molecular weight is 480 g/mol. The molecule has 5 nitrogen and oxygen atoms in total. The largest absolute Gasteiger partial charge is 0.395 e. The molecule has 36 heavy (non-hydrogen) atoms. The lowest BCUT2D eigenvalue weighted by atomic mass is 9.74. The number of nitrogens with one attached hydrogen (secondary N) is 1. The van der Waals surface area contributed by atoms with Crippen LogP contribution in [0.1, 0.15) is 41.0 Å². The molecule has 0 spiro atoms. The zero-order valence-electron chi connectivity index (χ0n) is 20.7. The summed E-state index contributed by atoms with van der Waals surface area (Å²) in [7, 11) is 0. The number of anilines is 1. The third kappa shape index (κ3) is 5.31. The number of urea groups is 1. The minimum absolute atomic E-state index is 0.0570. The third-order valence-corrected chi connectivity index (χ3v) is 7.38. The smallest absolute Gasteiger partial charge is 0.321 e. The van der Waals surface area contributed by atoms with Gasteiger partial charge in [0.05, 0.1) is 6.61 Å². The molecule has 2 aliphatic rings. The van der Waals surface area contributed by atoms with Crippen LogP contribution < -0.4 is 5.32 Å². The Kier molecular flexibility index (Phi) is 7.36. The summed E-state index contributed by atoms with van der Waals surface area (Å²) < 4.78 is 0. The monoisotopic (exact) mass is 479 g/mol. The van der Waals surface area contributed by atoms with Crippen LogP contribution in [0.25, 0.3) is 0 Å². The number of fused-ring (bicyclic) bond motifs is 1. The number of hydrogen-bond donors (Lipinski definition) is 2. The lowest BCUT2D eigenvalue weighted by Crippen LogP contribution is -2.68. The van der Waals surface area contributed by atoms with Gasteiger partial charge < -0.3 is 15.3 Å². The normalized spacial score (nSPS) is 21.7. The maximum absolute atomic E-state index is 13.2. The van der Waals surface area contributed by atoms with Gasteiger partial charge in [-0.05, 0) is 68.3 Å². The van der Waals surface area contributed by atoms with E-state index < -0.39 is 0 Å². The minimum atomic E-state index is -0.0570. The number of aliphatic hydroxyl groups excluding tert-OH is 1. The molecule has 2 amide bonds. The van der Waals surface area contributed by atoms with Crippen molar-refractivity contribution in [3.05, 3.63) is 101 Å². The van der Waals surface area contributed by atoms with Gasteiger partial charge in [-0.3, -0.25) is 4.90 Å². The van der Waals surface area contributed by atoms with Crippen LogP contribution in [-0.2, 0) is 0 Å². The van der Waals surface area contributed by atoms with Gasteiger partial charge in [0, 0.05) is 47.9 Å². The van der Waals surface area contributed by atoms with Crippen molar-refractivity contribution in [1.29, 1.82) is 0 Å². The standard InChI is InChI=1S/C31H33N3O2/c1-23-9-17-27(18-10-23)32-31(36)33-19-5-6-20-34-28(21-33)30(29(34)22-35)26-15-13-25(14-16-26)12-11-24-7-3-2-4-8-24/h2-4,7-10,13-18,28-30,35H,5-6,19-22H2,1H3,(H,32,36)/t28-,29-,30+/m0/s1. The van der Waals surface area contributed by atoms with Crippen LogP contribution in [0.4, 0.5) is 10.5 Å². The van der Waals surface area contributed by atoms with Gasteiger partial charge in [-0.1, -0.05) is 59.9 Å². The fourth-order valence-electron chi connectivity index (χ4n) is 5.42. The SMILES string of the molecule is Cc1ccc(NC(=O)N2CCCCN3[C@@H](CO)[C@H](c4ccc(C#Cc5ccccc5)cc4)[C@@H]3C2)cc1. The van der Waals surface area contributed by atoms with Gasteiger partial charge in [0.1, 0.15) is 0 Å². The van der Waals surface area contributed by atoms with Gasteiger partial charge in [-0.2, -0.15) is 0 Å². The molecule has 184 valence electrons. The first kappa shape index (κ1) is 24.1. The highest BCUT2D eigenvalue weighted by Crippen LogP contribution is 2.42. The van der Waals surface area contributed by atoms with E-state index >= 15 is 0 Å². The van der Waals surface area contributed by atoms with Crippen molar-refractivity contribution < 1.29 is 9.90 Å². The van der Waals surface area contributed by atoms with Crippen LogP contribution in [0, 0.1) is 18.8 Å². The molecule has 2 N–H and O–H groups in total. The fourth-order valence-corrected chi connectivity index (χ4v) is 5.42. The highest BCUT2D eigenvalue weighted by Gasteiger charge is 2.49. The maximum Gasteiger partial charge on any atom is 0.321 e. The summed E-state index contributed by atoms with van der Waals surface area (Å²) in [6.45, 7) is 4.50. The van der Waals surface area contributed by atoms with E-state index in [2.05, 4.69) is 46.3 Å². The topological polar surface area (TPSA) is 55.8 Å². The number of amides is 2. The molecule has 3 atom stereocenters. The molecule has 5 rings (SSSR count). The van der Waals surface area contributed by atoms with Gasteiger partial charge in [-0.15, -0.1) is 0 Å². The van der Waals surface area contributed by atoms with Crippen LogP contribution >= 0.6 is 0 Å². The molecule has 2 saturated heterocycles. The first-order valence-electron chi connectivity index (χ1n) is 12.8. The summed E-state index contributed by atoms with van der Waals surface area (Å²) in [6.07, 6.45) is 1.98. The van der Waals surface area contributed by atoms with Crippen LogP contribution in [-0.4, -0.2) is 59.3 Å². The zero-order valence-corrected chi connectivity index (χ0v) is 20.7. The van der Waals surface area contributed by atoms with Crippen molar-refractivity contribution in [3.8, 4) is 11.8 Å². The molecule has 3 aromatic rings. The summed E-state index contributed by atoms with van der Waals surface area (Å²) >= 11 is 0. The predicted octanol–water partition coefficient (Wildman–Crippen LogP) is 4.85. The number of aliphatic hydroxyl groups is 1. The number of carbonyl (C=O) groups excluding carboxylic acids is 1. The molecule has 3 aromatic carbocycles. The van der Waals surface area contributed by atoms with E-state index in [0.29, 0.717) is 6.54 Å².